The number of anilines is 1. The highest BCUT2D eigenvalue weighted by Gasteiger charge is 2.60. The summed E-state index contributed by atoms with van der Waals surface area (Å²) in [6, 6.07) is 7.89. The average molecular weight is 326 g/mol. The number of allylic oxidation sites excluding steroid dienone is 2. The lowest BCUT2D eigenvalue weighted by atomic mass is 10.1. The summed E-state index contributed by atoms with van der Waals surface area (Å²) in [6.45, 7) is 8.49. The van der Waals surface area contributed by atoms with Gasteiger partial charge in [0.05, 0.1) is 5.92 Å². The van der Waals surface area contributed by atoms with Gasteiger partial charge in [0.25, 0.3) is 0 Å². The minimum atomic E-state index is 0.0438. The summed E-state index contributed by atoms with van der Waals surface area (Å²) in [7, 11) is 0. The van der Waals surface area contributed by atoms with Crippen LogP contribution in [0.15, 0.2) is 47.5 Å². The molecule has 0 radical (unpaired) electrons. The van der Waals surface area contributed by atoms with Crippen molar-refractivity contribution in [3.8, 4) is 10.6 Å². The van der Waals surface area contributed by atoms with Gasteiger partial charge in [0, 0.05) is 22.8 Å². The molecule has 1 aromatic carbocycles. The normalized spacial score (nSPS) is 21.6. The third-order valence-electron chi connectivity index (χ3n) is 4.54. The molecule has 1 aliphatic carbocycles. The van der Waals surface area contributed by atoms with Crippen molar-refractivity contribution in [1.82, 2.24) is 4.98 Å². The van der Waals surface area contributed by atoms with Crippen LogP contribution < -0.4 is 5.32 Å². The molecule has 2 aromatic rings. The monoisotopic (exact) mass is 326 g/mol. The third-order valence-corrected chi connectivity index (χ3v) is 5.36. The molecular formula is C19H22N2OS. The molecule has 0 aliphatic heterocycles. The molecule has 1 heterocycles. The smallest absolute Gasteiger partial charge is 0.228 e. The van der Waals surface area contributed by atoms with Crippen molar-refractivity contribution in [3.05, 3.63) is 47.5 Å². The molecule has 0 spiro atoms. The van der Waals surface area contributed by atoms with Gasteiger partial charge in [-0.25, -0.2) is 4.98 Å². The zero-order valence-electron chi connectivity index (χ0n) is 14.0. The van der Waals surface area contributed by atoms with Gasteiger partial charge in [0.1, 0.15) is 5.01 Å². The predicted molar refractivity (Wildman–Crippen MR) is 96.4 cm³/mol. The van der Waals surface area contributed by atoms with E-state index in [0.29, 0.717) is 5.92 Å². The van der Waals surface area contributed by atoms with Crippen LogP contribution in [-0.2, 0) is 4.79 Å². The molecule has 120 valence electrons. The SMILES string of the molecule is CC(C)=C[C@H]1[C@H](C(=O)Nc2ccc(-c3nccs3)cc2)C1(C)C. The summed E-state index contributed by atoms with van der Waals surface area (Å²) in [5, 5.41) is 6.01. The van der Waals surface area contributed by atoms with E-state index in [2.05, 4.69) is 44.1 Å². The second-order valence-corrected chi connectivity index (χ2v) is 7.87. The summed E-state index contributed by atoms with van der Waals surface area (Å²) in [4.78, 5) is 16.8. The number of aromatic nitrogens is 1. The minimum absolute atomic E-state index is 0.0438. The number of hydrogen-bond donors (Lipinski definition) is 1. The van der Waals surface area contributed by atoms with Crippen LogP contribution in [0.3, 0.4) is 0 Å². The number of thiazole rings is 1. The number of amides is 1. The van der Waals surface area contributed by atoms with Crippen LogP contribution in [-0.4, -0.2) is 10.9 Å². The highest BCUT2D eigenvalue weighted by molar-refractivity contribution is 7.13. The Labute approximate surface area is 141 Å². The molecule has 1 N–H and O–H groups in total. The Morgan fingerprint density at radius 2 is 1.96 bits per heavy atom. The summed E-state index contributed by atoms with van der Waals surface area (Å²) >= 11 is 1.61. The Hall–Kier alpha value is -1.94. The lowest BCUT2D eigenvalue weighted by molar-refractivity contribution is -0.118. The van der Waals surface area contributed by atoms with Crippen LogP contribution in [0, 0.1) is 17.3 Å². The van der Waals surface area contributed by atoms with E-state index in [1.165, 1.54) is 5.57 Å². The largest absolute Gasteiger partial charge is 0.326 e. The van der Waals surface area contributed by atoms with Crippen molar-refractivity contribution in [3.63, 3.8) is 0 Å². The predicted octanol–water partition coefficient (Wildman–Crippen LogP) is 4.99. The number of benzene rings is 1. The molecule has 3 rings (SSSR count). The molecule has 0 bridgehead atoms. The zero-order valence-corrected chi connectivity index (χ0v) is 14.8. The molecule has 0 unspecified atom stereocenters. The Balaban J connectivity index is 1.68. The van der Waals surface area contributed by atoms with E-state index >= 15 is 0 Å². The Bertz CT molecular complexity index is 725. The summed E-state index contributed by atoms with van der Waals surface area (Å²) < 4.78 is 0. The Morgan fingerprint density at radius 3 is 2.52 bits per heavy atom. The number of carbonyl (C=O) groups excluding carboxylic acids is 1. The average Bonchev–Trinajstić information content (AvgIpc) is 2.88. The van der Waals surface area contributed by atoms with E-state index in [-0.39, 0.29) is 17.2 Å². The molecule has 0 saturated heterocycles. The fourth-order valence-corrected chi connectivity index (χ4v) is 3.78. The first-order chi connectivity index (χ1) is 10.9. The van der Waals surface area contributed by atoms with Crippen LogP contribution in [0.1, 0.15) is 27.7 Å². The van der Waals surface area contributed by atoms with Gasteiger partial charge < -0.3 is 5.32 Å². The van der Waals surface area contributed by atoms with Crippen molar-refractivity contribution >= 4 is 22.9 Å². The van der Waals surface area contributed by atoms with Gasteiger partial charge in [-0.2, -0.15) is 0 Å². The number of nitrogens with zero attached hydrogens (tertiary/aromatic N) is 1. The van der Waals surface area contributed by atoms with Crippen LogP contribution in [0.5, 0.6) is 0 Å². The molecule has 3 nitrogen and oxygen atoms in total. The first-order valence-electron chi connectivity index (χ1n) is 7.85. The molecule has 1 fully saturated rings. The Morgan fingerprint density at radius 1 is 1.26 bits per heavy atom. The molecule has 1 saturated carbocycles. The number of carbonyl (C=O) groups is 1. The van der Waals surface area contributed by atoms with Crippen LogP contribution in [0.4, 0.5) is 5.69 Å². The zero-order chi connectivity index (χ0) is 16.6. The lowest BCUT2D eigenvalue weighted by Crippen LogP contribution is -2.16. The lowest BCUT2D eigenvalue weighted by Gasteiger charge is -2.07. The standard InChI is InChI=1S/C19H22N2OS/c1-12(2)11-15-16(19(15,3)4)17(22)21-14-7-5-13(6-8-14)18-20-9-10-23-18/h5-11,15-16H,1-4H3,(H,21,22)/t15-,16+/m0/s1. The summed E-state index contributed by atoms with van der Waals surface area (Å²) in [5.41, 5.74) is 3.23. The van der Waals surface area contributed by atoms with Crippen LogP contribution in [0.2, 0.25) is 0 Å². The van der Waals surface area contributed by atoms with E-state index in [1.54, 1.807) is 17.5 Å². The van der Waals surface area contributed by atoms with Gasteiger partial charge >= 0.3 is 0 Å². The van der Waals surface area contributed by atoms with Crippen molar-refractivity contribution in [2.75, 3.05) is 5.32 Å². The van der Waals surface area contributed by atoms with Gasteiger partial charge in [-0.3, -0.25) is 4.79 Å². The van der Waals surface area contributed by atoms with E-state index in [1.807, 2.05) is 29.6 Å². The second kappa shape index (κ2) is 5.93. The maximum absolute atomic E-state index is 12.5. The van der Waals surface area contributed by atoms with Crippen LogP contribution in [0.25, 0.3) is 10.6 Å². The third kappa shape index (κ3) is 3.22. The molecule has 1 aliphatic rings. The molecule has 4 heteroatoms. The van der Waals surface area contributed by atoms with Gasteiger partial charge in [-0.15, -0.1) is 11.3 Å². The minimum Gasteiger partial charge on any atom is -0.326 e. The quantitative estimate of drug-likeness (QED) is 0.805. The van der Waals surface area contributed by atoms with Crippen molar-refractivity contribution < 1.29 is 4.79 Å². The van der Waals surface area contributed by atoms with Crippen molar-refractivity contribution in [2.24, 2.45) is 17.3 Å². The maximum atomic E-state index is 12.5. The maximum Gasteiger partial charge on any atom is 0.228 e. The van der Waals surface area contributed by atoms with Gasteiger partial charge in [0.2, 0.25) is 5.91 Å². The second-order valence-electron chi connectivity index (χ2n) is 6.97. The van der Waals surface area contributed by atoms with Crippen molar-refractivity contribution in [2.45, 2.75) is 27.7 Å². The van der Waals surface area contributed by atoms with E-state index in [9.17, 15) is 4.79 Å². The molecular weight excluding hydrogens is 304 g/mol. The van der Waals surface area contributed by atoms with Gasteiger partial charge in [0.15, 0.2) is 0 Å². The molecule has 2 atom stereocenters. The number of rotatable bonds is 4. The Kier molecular flexibility index (Phi) is 4.11. The topological polar surface area (TPSA) is 42.0 Å². The highest BCUT2D eigenvalue weighted by atomic mass is 32.1. The van der Waals surface area contributed by atoms with Crippen LogP contribution >= 0.6 is 11.3 Å². The summed E-state index contributed by atoms with van der Waals surface area (Å²) in [5.74, 6) is 0.498. The van der Waals surface area contributed by atoms with E-state index in [4.69, 9.17) is 0 Å². The van der Waals surface area contributed by atoms with E-state index < -0.39 is 0 Å². The van der Waals surface area contributed by atoms with Gasteiger partial charge in [-0.05, 0) is 49.4 Å². The molecule has 23 heavy (non-hydrogen) atoms. The highest BCUT2D eigenvalue weighted by Crippen LogP contribution is 2.59. The molecule has 1 aromatic heterocycles. The first kappa shape index (κ1) is 15.9. The van der Waals surface area contributed by atoms with Crippen molar-refractivity contribution in [1.29, 1.82) is 0 Å². The number of hydrogen-bond acceptors (Lipinski definition) is 3. The first-order valence-corrected chi connectivity index (χ1v) is 8.73. The summed E-state index contributed by atoms with van der Waals surface area (Å²) in [6.07, 6.45) is 4.02. The van der Waals surface area contributed by atoms with Gasteiger partial charge in [-0.1, -0.05) is 25.5 Å². The fourth-order valence-electron chi connectivity index (χ4n) is 3.13. The van der Waals surface area contributed by atoms with E-state index in [0.717, 1.165) is 16.3 Å². The molecule has 1 amide bonds. The fraction of sp³-hybridized carbons (Fsp3) is 0.368. The number of nitrogens with one attached hydrogen (secondary N) is 1.